The Morgan fingerprint density at radius 1 is 0.855 bits per heavy atom. The summed E-state index contributed by atoms with van der Waals surface area (Å²) in [4.78, 5) is 52.9. The number of benzene rings is 1. The molecule has 0 aliphatic heterocycles. The normalized spacial score (nSPS) is 14.3. The van der Waals surface area contributed by atoms with Crippen molar-refractivity contribution in [1.82, 2.24) is 10.4 Å². The molecule has 4 atom stereocenters. The van der Waals surface area contributed by atoms with Crippen LogP contribution in [0.3, 0.4) is 0 Å². The van der Waals surface area contributed by atoms with Gasteiger partial charge < -0.3 is 28.8 Å². The Morgan fingerprint density at radius 2 is 1.47 bits per heavy atom. The van der Waals surface area contributed by atoms with E-state index in [-0.39, 0.29) is 65.9 Å². The standard InChI is InChI=1S/C42H75N3O9Si/c1-28(2)34(20-18-32(41(6,7)8)25-35(29(3)4)38(47)45(54-55(14)15)27-30(5)39(48)51-13)37(46)43-26-31-24-33(44-40(49)53-42(9,10)11)19-21-36(31)52-23-17-16-22-50-12/h19,21,24,28-30,32,34-35,55H,16-18,20,22-23,25-27H2,1-15H3,(H,43,46)(H,44,49)/t30-,32?,34?,35+/m1/s1. The van der Waals surface area contributed by atoms with E-state index in [0.29, 0.717) is 37.5 Å². The summed E-state index contributed by atoms with van der Waals surface area (Å²) in [6, 6.07) is 5.36. The quantitative estimate of drug-likeness (QED) is 0.0484. The van der Waals surface area contributed by atoms with Crippen molar-refractivity contribution in [3.8, 4) is 5.75 Å². The van der Waals surface area contributed by atoms with Gasteiger partial charge in [0.25, 0.3) is 0 Å². The highest BCUT2D eigenvalue weighted by Gasteiger charge is 2.37. The number of methoxy groups -OCH3 is 2. The first-order valence-electron chi connectivity index (χ1n) is 20.1. The molecule has 12 nitrogen and oxygen atoms in total. The van der Waals surface area contributed by atoms with Crippen LogP contribution in [-0.4, -0.2) is 77.6 Å². The van der Waals surface area contributed by atoms with Crippen molar-refractivity contribution in [2.75, 3.05) is 39.3 Å². The molecule has 0 saturated heterocycles. The minimum absolute atomic E-state index is 0.0341. The second-order valence-corrected chi connectivity index (χ2v) is 20.1. The summed E-state index contributed by atoms with van der Waals surface area (Å²) in [6.45, 7) is 27.4. The average molecular weight is 794 g/mol. The molecular formula is C42H75N3O9Si. The van der Waals surface area contributed by atoms with E-state index in [1.165, 1.54) is 12.2 Å². The summed E-state index contributed by atoms with van der Waals surface area (Å²) in [5, 5.41) is 7.37. The van der Waals surface area contributed by atoms with Crippen LogP contribution in [0.25, 0.3) is 0 Å². The highest BCUT2D eigenvalue weighted by molar-refractivity contribution is 6.48. The molecule has 0 heterocycles. The first-order chi connectivity index (χ1) is 25.5. The van der Waals surface area contributed by atoms with Gasteiger partial charge in [0.15, 0.2) is 0 Å². The minimum Gasteiger partial charge on any atom is -0.493 e. The number of carbonyl (C=O) groups excluding carboxylic acids is 4. The lowest BCUT2D eigenvalue weighted by molar-refractivity contribution is -0.171. The van der Waals surface area contributed by atoms with Crippen molar-refractivity contribution in [2.45, 2.75) is 134 Å². The fourth-order valence-corrected chi connectivity index (χ4v) is 7.07. The lowest BCUT2D eigenvalue weighted by atomic mass is 9.70. The number of hydrogen-bond acceptors (Lipinski definition) is 9. The van der Waals surface area contributed by atoms with Crippen LogP contribution >= 0.6 is 0 Å². The van der Waals surface area contributed by atoms with E-state index >= 15 is 0 Å². The van der Waals surface area contributed by atoms with Gasteiger partial charge in [-0.2, -0.15) is 0 Å². The molecule has 13 heteroatoms. The number of hydrogen-bond donors (Lipinski definition) is 2. The number of rotatable bonds is 23. The molecule has 3 amide bonds. The van der Waals surface area contributed by atoms with Gasteiger partial charge in [-0.15, -0.1) is 0 Å². The maximum absolute atomic E-state index is 14.1. The van der Waals surface area contributed by atoms with E-state index in [2.05, 4.69) is 59.1 Å². The monoisotopic (exact) mass is 794 g/mol. The Hall–Kier alpha value is -3.16. The molecule has 55 heavy (non-hydrogen) atoms. The number of nitrogens with one attached hydrogen (secondary N) is 2. The molecule has 0 bridgehead atoms. The Labute approximate surface area is 334 Å². The number of nitrogens with zero attached hydrogens (tertiary/aromatic N) is 1. The zero-order valence-electron chi connectivity index (χ0n) is 36.8. The summed E-state index contributed by atoms with van der Waals surface area (Å²) in [7, 11) is 1.36. The molecule has 0 saturated carbocycles. The van der Waals surface area contributed by atoms with E-state index in [1.807, 2.05) is 13.1 Å². The summed E-state index contributed by atoms with van der Waals surface area (Å²) >= 11 is 0. The molecule has 0 aromatic heterocycles. The molecule has 0 fully saturated rings. The molecule has 1 aromatic rings. The third kappa shape index (κ3) is 19.0. The van der Waals surface area contributed by atoms with Crippen molar-refractivity contribution < 1.29 is 42.7 Å². The lowest BCUT2D eigenvalue weighted by Crippen LogP contribution is -2.45. The number of amides is 3. The third-order valence-electron chi connectivity index (χ3n) is 9.64. The second kappa shape index (κ2) is 23.8. The Kier molecular flexibility index (Phi) is 21.6. The van der Waals surface area contributed by atoms with Crippen molar-refractivity contribution in [2.24, 2.45) is 40.9 Å². The molecule has 0 aliphatic carbocycles. The van der Waals surface area contributed by atoms with Crippen LogP contribution in [0.1, 0.15) is 114 Å². The topological polar surface area (TPSA) is 142 Å². The van der Waals surface area contributed by atoms with Gasteiger partial charge in [-0.3, -0.25) is 19.7 Å². The predicted octanol–water partition coefficient (Wildman–Crippen LogP) is 8.38. The summed E-state index contributed by atoms with van der Waals surface area (Å²) in [5.74, 6) is -0.821. The van der Waals surface area contributed by atoms with Crippen molar-refractivity contribution in [3.63, 3.8) is 0 Å². The smallest absolute Gasteiger partial charge is 0.412 e. The van der Waals surface area contributed by atoms with Gasteiger partial charge in [-0.05, 0) is 107 Å². The molecule has 1 aromatic carbocycles. The van der Waals surface area contributed by atoms with Gasteiger partial charge in [0.1, 0.15) is 11.4 Å². The van der Waals surface area contributed by atoms with E-state index < -0.39 is 26.7 Å². The zero-order valence-corrected chi connectivity index (χ0v) is 37.9. The Morgan fingerprint density at radius 3 is 2.00 bits per heavy atom. The predicted molar refractivity (Wildman–Crippen MR) is 221 cm³/mol. The van der Waals surface area contributed by atoms with E-state index in [0.717, 1.165) is 24.8 Å². The van der Waals surface area contributed by atoms with Crippen LogP contribution in [0.2, 0.25) is 13.1 Å². The summed E-state index contributed by atoms with van der Waals surface area (Å²) < 4.78 is 27.8. The molecule has 0 spiro atoms. The van der Waals surface area contributed by atoms with Crippen LogP contribution in [0.4, 0.5) is 10.5 Å². The van der Waals surface area contributed by atoms with Crippen molar-refractivity contribution >= 4 is 38.6 Å². The highest BCUT2D eigenvalue weighted by Crippen LogP contribution is 2.39. The number of hydroxylamine groups is 2. The number of ether oxygens (including phenoxy) is 4. The first-order valence-corrected chi connectivity index (χ1v) is 22.9. The largest absolute Gasteiger partial charge is 0.493 e. The molecule has 2 unspecified atom stereocenters. The number of anilines is 1. The Balaban J connectivity index is 3.24. The van der Waals surface area contributed by atoms with Gasteiger partial charge in [0, 0.05) is 43.3 Å². The Bertz CT molecular complexity index is 1340. The van der Waals surface area contributed by atoms with Crippen LogP contribution < -0.4 is 15.4 Å². The van der Waals surface area contributed by atoms with Gasteiger partial charge in [0.2, 0.25) is 20.9 Å². The van der Waals surface area contributed by atoms with E-state index in [1.54, 1.807) is 53.0 Å². The molecule has 316 valence electrons. The summed E-state index contributed by atoms with van der Waals surface area (Å²) in [5.41, 5.74) is 0.483. The minimum atomic E-state index is -1.66. The van der Waals surface area contributed by atoms with Crippen molar-refractivity contribution in [3.05, 3.63) is 23.8 Å². The molecule has 2 N–H and O–H groups in total. The van der Waals surface area contributed by atoms with Crippen LogP contribution in [-0.2, 0) is 39.7 Å². The second-order valence-electron chi connectivity index (χ2n) is 17.8. The maximum Gasteiger partial charge on any atom is 0.412 e. The maximum atomic E-state index is 14.1. The van der Waals surface area contributed by atoms with Crippen molar-refractivity contribution in [1.29, 1.82) is 0 Å². The van der Waals surface area contributed by atoms with Gasteiger partial charge >= 0.3 is 12.1 Å². The highest BCUT2D eigenvalue weighted by atomic mass is 28.3. The van der Waals surface area contributed by atoms with Crippen LogP contribution in [0, 0.1) is 40.9 Å². The fourth-order valence-electron chi connectivity index (χ4n) is 6.37. The van der Waals surface area contributed by atoms with E-state index in [4.69, 9.17) is 23.5 Å². The fraction of sp³-hybridized carbons (Fsp3) is 0.762. The van der Waals surface area contributed by atoms with Gasteiger partial charge in [-0.1, -0.05) is 55.4 Å². The average Bonchev–Trinajstić information content (AvgIpc) is 3.06. The number of unbranched alkanes of at least 4 members (excludes halogenated alkanes) is 1. The first kappa shape index (κ1) is 49.9. The summed E-state index contributed by atoms with van der Waals surface area (Å²) in [6.07, 6.45) is 3.12. The van der Waals surface area contributed by atoms with Gasteiger partial charge in [0.05, 0.1) is 26.2 Å². The third-order valence-corrected chi connectivity index (χ3v) is 10.3. The lowest BCUT2D eigenvalue weighted by Gasteiger charge is -2.37. The van der Waals surface area contributed by atoms with Crippen LogP contribution in [0.15, 0.2) is 18.2 Å². The van der Waals surface area contributed by atoms with E-state index in [9.17, 15) is 19.2 Å². The molecule has 0 aliphatic rings. The number of esters is 1. The van der Waals surface area contributed by atoms with Crippen LogP contribution in [0.5, 0.6) is 5.75 Å². The zero-order chi connectivity index (χ0) is 42.1. The van der Waals surface area contributed by atoms with Gasteiger partial charge in [-0.25, -0.2) is 9.86 Å². The SMILES string of the molecule is COCCCCOc1ccc(NC(=O)OC(C)(C)C)cc1CNC(=O)C(CCC(C[C@H](C(=O)N(C[C@@H](C)C(=O)OC)O[SiH](C)C)C(C)C)C(C)(C)C)C(C)C. The molecule has 0 radical (unpaired) electrons. The molecular weight excluding hydrogens is 719 g/mol. The molecule has 1 rings (SSSR count). The number of carbonyl (C=O) groups is 4.